The highest BCUT2D eigenvalue weighted by Crippen LogP contribution is 2.43. The minimum atomic E-state index is -3.66. The number of alkyl halides is 2. The van der Waals surface area contributed by atoms with Crippen molar-refractivity contribution in [1.82, 2.24) is 5.32 Å². The lowest BCUT2D eigenvalue weighted by Crippen LogP contribution is -2.28. The molecule has 2 fully saturated rings. The lowest BCUT2D eigenvalue weighted by molar-refractivity contribution is -0.286. The first kappa shape index (κ1) is 24.7. The number of hydrogen-bond acceptors (Lipinski definition) is 6. The summed E-state index contributed by atoms with van der Waals surface area (Å²) in [6.07, 6.45) is 4.06. The molecule has 4 aliphatic rings. The minimum Gasteiger partial charge on any atom is -0.395 e. The van der Waals surface area contributed by atoms with Gasteiger partial charge in [-0.1, -0.05) is 12.2 Å². The summed E-state index contributed by atoms with van der Waals surface area (Å²) in [6, 6.07) is 4.50. The van der Waals surface area contributed by atoms with Crippen LogP contribution in [0.4, 0.5) is 14.5 Å². The highest BCUT2D eigenvalue weighted by molar-refractivity contribution is 7.80. The number of ether oxygens (including phenoxy) is 2. The van der Waals surface area contributed by atoms with E-state index in [1.54, 1.807) is 17.4 Å². The van der Waals surface area contributed by atoms with Crippen molar-refractivity contribution in [2.45, 2.75) is 64.1 Å². The molecule has 2 aromatic rings. The van der Waals surface area contributed by atoms with Crippen molar-refractivity contribution in [2.24, 2.45) is 17.8 Å². The van der Waals surface area contributed by atoms with E-state index in [2.05, 4.69) is 20.1 Å². The number of rotatable bonds is 9. The molecule has 6 nitrogen and oxygen atoms in total. The largest absolute Gasteiger partial charge is 0.586 e. The molecule has 2 saturated carbocycles. The first-order valence-electron chi connectivity index (χ1n) is 12.9. The van der Waals surface area contributed by atoms with E-state index in [9.17, 15) is 18.4 Å². The highest BCUT2D eigenvalue weighted by atomic mass is 32.1. The lowest BCUT2D eigenvalue weighted by Gasteiger charge is -2.24. The van der Waals surface area contributed by atoms with Crippen LogP contribution in [-0.2, 0) is 24.1 Å². The molecule has 1 atom stereocenters. The van der Waals surface area contributed by atoms with Gasteiger partial charge in [0, 0.05) is 46.8 Å². The zero-order valence-corrected chi connectivity index (χ0v) is 21.9. The Morgan fingerprint density at radius 1 is 1.08 bits per heavy atom. The first-order chi connectivity index (χ1) is 17.7. The van der Waals surface area contributed by atoms with Crippen LogP contribution < -0.4 is 20.1 Å². The minimum absolute atomic E-state index is 0.0119. The molecule has 1 aromatic carbocycles. The van der Waals surface area contributed by atoms with Crippen LogP contribution in [0.5, 0.6) is 11.5 Å². The van der Waals surface area contributed by atoms with E-state index >= 15 is 0 Å². The Balaban J connectivity index is 1.14. The van der Waals surface area contributed by atoms with Crippen molar-refractivity contribution in [3.05, 3.63) is 39.1 Å². The average molecular weight is 547 g/mol. The summed E-state index contributed by atoms with van der Waals surface area (Å²) >= 11 is 7.23. The molecule has 10 heteroatoms. The van der Waals surface area contributed by atoms with E-state index in [1.807, 2.05) is 0 Å². The number of fused-ring (bicyclic) bond motifs is 2. The summed E-state index contributed by atoms with van der Waals surface area (Å²) < 4.78 is 35.6. The fourth-order valence-electron chi connectivity index (χ4n) is 5.13. The van der Waals surface area contributed by atoms with Crippen LogP contribution in [-0.4, -0.2) is 29.5 Å². The summed E-state index contributed by atoms with van der Waals surface area (Å²) in [4.78, 5) is 28.6. The number of anilines is 1. The van der Waals surface area contributed by atoms with Gasteiger partial charge in [-0.2, -0.15) is 0 Å². The van der Waals surface area contributed by atoms with Crippen molar-refractivity contribution in [1.29, 1.82) is 0 Å². The van der Waals surface area contributed by atoms with E-state index < -0.39 is 6.29 Å². The zero-order valence-electron chi connectivity index (χ0n) is 20.2. The molecule has 0 saturated heterocycles. The quantitative estimate of drug-likeness (QED) is 0.395. The van der Waals surface area contributed by atoms with Crippen LogP contribution in [0.1, 0.15) is 64.2 Å². The molecule has 1 aliphatic heterocycles. The molecule has 1 aromatic heterocycles. The number of thiophene rings is 1. The van der Waals surface area contributed by atoms with E-state index in [0.29, 0.717) is 36.0 Å². The van der Waals surface area contributed by atoms with Crippen molar-refractivity contribution in [2.75, 3.05) is 11.9 Å². The number of nitrogens with one attached hydrogen (secondary N) is 2. The van der Waals surface area contributed by atoms with Gasteiger partial charge in [0.2, 0.25) is 0 Å². The fraction of sp³-hybridized carbons (Fsp3) is 0.519. The maximum absolute atomic E-state index is 13.3. The standard InChI is InChI=1S/C27H28F2N2O4S2/c28-27(29)34-20-7-6-17(11-21(20)35-27)31-24(36)10-15-3-8-22-18(9-15)25(26(33)30-13-14-1-2-14)23(37-22)12-19(32)16-4-5-16/h6-7,11,14-16H,1-5,8-10,12-13H2,(H,30,33)(H,31,36)/t15-/m0/s1. The predicted octanol–water partition coefficient (Wildman–Crippen LogP) is 5.67. The molecular formula is C27H28F2N2O4S2. The van der Waals surface area contributed by atoms with Crippen LogP contribution >= 0.6 is 23.6 Å². The smallest absolute Gasteiger partial charge is 0.395 e. The second-order valence-electron chi connectivity index (χ2n) is 10.6. The maximum atomic E-state index is 13.3. The lowest BCUT2D eigenvalue weighted by atomic mass is 9.83. The number of carbonyl (C=O) groups is 2. The van der Waals surface area contributed by atoms with E-state index in [1.165, 1.54) is 17.0 Å². The summed E-state index contributed by atoms with van der Waals surface area (Å²) in [5.41, 5.74) is 2.34. The Kier molecular flexibility index (Phi) is 6.43. The fourth-order valence-corrected chi connectivity index (χ4v) is 6.84. The summed E-state index contributed by atoms with van der Waals surface area (Å²) in [6.45, 7) is 0.693. The van der Waals surface area contributed by atoms with Crippen molar-refractivity contribution >= 4 is 45.9 Å². The van der Waals surface area contributed by atoms with Crippen molar-refractivity contribution in [3.8, 4) is 11.5 Å². The number of carbonyl (C=O) groups excluding carboxylic acids is 2. The number of Topliss-reactive ketones (excluding diaryl/α,β-unsaturated/α-hetero) is 1. The number of aryl methyl sites for hydroxylation is 1. The number of halogens is 2. The van der Waals surface area contributed by atoms with Gasteiger partial charge >= 0.3 is 6.29 Å². The molecule has 0 radical (unpaired) electrons. The third-order valence-corrected chi connectivity index (χ3v) is 9.00. The monoisotopic (exact) mass is 546 g/mol. The number of benzene rings is 1. The maximum Gasteiger partial charge on any atom is 0.586 e. The van der Waals surface area contributed by atoms with Crippen LogP contribution in [0.15, 0.2) is 18.2 Å². The van der Waals surface area contributed by atoms with Crippen LogP contribution in [0.3, 0.4) is 0 Å². The Labute approximate surface area is 223 Å². The van der Waals surface area contributed by atoms with E-state index in [-0.39, 0.29) is 35.0 Å². The molecule has 2 heterocycles. The van der Waals surface area contributed by atoms with E-state index in [4.69, 9.17) is 12.2 Å². The topological polar surface area (TPSA) is 76.7 Å². The normalized spacial score (nSPS) is 21.3. The van der Waals surface area contributed by atoms with Gasteiger partial charge in [-0.05, 0) is 74.5 Å². The third-order valence-electron chi connectivity index (χ3n) is 7.44. The predicted molar refractivity (Wildman–Crippen MR) is 140 cm³/mol. The summed E-state index contributed by atoms with van der Waals surface area (Å²) in [7, 11) is 0. The van der Waals surface area contributed by atoms with Crippen LogP contribution in [0.2, 0.25) is 0 Å². The van der Waals surface area contributed by atoms with Crippen LogP contribution in [0.25, 0.3) is 0 Å². The molecule has 0 bridgehead atoms. The molecule has 6 rings (SSSR count). The first-order valence-corrected chi connectivity index (χ1v) is 14.1. The number of hydrogen-bond donors (Lipinski definition) is 2. The number of ketones is 1. The van der Waals surface area contributed by atoms with Gasteiger partial charge in [0.15, 0.2) is 11.5 Å². The second-order valence-corrected chi connectivity index (χ2v) is 12.2. The van der Waals surface area contributed by atoms with Crippen LogP contribution in [0, 0.1) is 17.8 Å². The summed E-state index contributed by atoms with van der Waals surface area (Å²) in [5.74, 6) is 1.13. The Morgan fingerprint density at radius 2 is 1.86 bits per heavy atom. The number of amides is 1. The number of thiocarbonyl (C=S) groups is 1. The molecule has 1 amide bonds. The molecule has 2 N–H and O–H groups in total. The molecular weight excluding hydrogens is 518 g/mol. The Morgan fingerprint density at radius 3 is 2.62 bits per heavy atom. The van der Waals surface area contributed by atoms with Gasteiger partial charge in [0.05, 0.1) is 10.6 Å². The van der Waals surface area contributed by atoms with Gasteiger partial charge < -0.3 is 20.1 Å². The molecule has 3 aliphatic carbocycles. The highest BCUT2D eigenvalue weighted by Gasteiger charge is 2.43. The molecule has 196 valence electrons. The van der Waals surface area contributed by atoms with Gasteiger partial charge in [-0.3, -0.25) is 9.59 Å². The van der Waals surface area contributed by atoms with Gasteiger partial charge in [0.25, 0.3) is 5.91 Å². The Hall–Kier alpha value is -2.59. The van der Waals surface area contributed by atoms with Crippen molar-refractivity contribution in [3.63, 3.8) is 0 Å². The van der Waals surface area contributed by atoms with Gasteiger partial charge in [-0.15, -0.1) is 20.1 Å². The third kappa shape index (κ3) is 5.65. The van der Waals surface area contributed by atoms with Gasteiger partial charge in [-0.25, -0.2) is 0 Å². The average Bonchev–Trinajstić information content (AvgIpc) is 3.76. The van der Waals surface area contributed by atoms with Gasteiger partial charge in [0.1, 0.15) is 5.78 Å². The SMILES string of the molecule is O=C(NCC1CC1)c1c(CC(=O)C2CC2)sc2c1C[C@@H](CC(=S)Nc1ccc3c(c1)OC(F)(F)O3)CC2. The molecule has 0 unspecified atom stereocenters. The summed E-state index contributed by atoms with van der Waals surface area (Å²) in [5, 5.41) is 6.24. The van der Waals surface area contributed by atoms with Crippen molar-refractivity contribution < 1.29 is 27.8 Å². The molecule has 0 spiro atoms. The van der Waals surface area contributed by atoms with E-state index in [0.717, 1.165) is 60.9 Å². The molecule has 37 heavy (non-hydrogen) atoms. The Bertz CT molecular complexity index is 1270. The zero-order chi connectivity index (χ0) is 25.7. The second kappa shape index (κ2) is 9.62.